The number of aliphatic hydroxyl groups excluding tert-OH is 5. The molecule has 14 nitrogen and oxygen atoms in total. The van der Waals surface area contributed by atoms with E-state index in [1.54, 1.807) is 50.3 Å². The van der Waals surface area contributed by atoms with Gasteiger partial charge in [0.2, 0.25) is 0 Å². The lowest BCUT2D eigenvalue weighted by atomic mass is 9.84. The van der Waals surface area contributed by atoms with Gasteiger partial charge in [-0.25, -0.2) is 4.79 Å². The zero-order valence-corrected chi connectivity index (χ0v) is 28.4. The molecule has 2 rings (SSSR count). The van der Waals surface area contributed by atoms with Crippen LogP contribution in [0.5, 0.6) is 0 Å². The average Bonchev–Trinajstić information content (AvgIpc) is 3.03. The lowest BCUT2D eigenvalue weighted by molar-refractivity contribution is -0.298. The Kier molecular flexibility index (Phi) is 18.6. The van der Waals surface area contributed by atoms with E-state index in [9.17, 15) is 40.2 Å². The molecule has 0 aromatic heterocycles. The molecule has 0 amide bonds. The molecule has 49 heavy (non-hydrogen) atoms. The summed E-state index contributed by atoms with van der Waals surface area (Å²) in [7, 11) is 0. The van der Waals surface area contributed by atoms with Gasteiger partial charge in [0.1, 0.15) is 18.1 Å². The predicted molar refractivity (Wildman–Crippen MR) is 178 cm³/mol. The molecular weight excluding hydrogens is 642 g/mol. The van der Waals surface area contributed by atoms with Crippen molar-refractivity contribution < 1.29 is 64.3 Å². The Labute approximate surface area is 287 Å². The summed E-state index contributed by atoms with van der Waals surface area (Å²) in [6.45, 7) is 5.11. The molecule has 0 aromatic carbocycles. The van der Waals surface area contributed by atoms with Crippen LogP contribution in [0.15, 0.2) is 60.8 Å². The highest BCUT2D eigenvalue weighted by Gasteiger charge is 2.49. The van der Waals surface area contributed by atoms with Crippen molar-refractivity contribution >= 4 is 11.9 Å². The van der Waals surface area contributed by atoms with Crippen LogP contribution < -0.4 is 5.73 Å². The number of allylic oxidation sites excluding steroid dienone is 6. The number of esters is 1. The number of nitrogens with two attached hydrogens (primary N) is 1. The highest BCUT2D eigenvalue weighted by atomic mass is 16.7. The number of carboxylic acids is 1. The molecule has 0 aliphatic carbocycles. The SMILES string of the molecule is CC[C@@H](/C=C/C=C/C=C/C=C/[C@@H](C[C@@H]1O[C@](O)(CC)C[C@H](O)[C@H]1C(=O)O)O[C@@H]1OC[C@@H](O)[C@H](N)[C@@H]1O)[C@@H](C)OC(=O)/C=C/C[C@H](O)CCO. The molecule has 0 unspecified atom stereocenters. The molecule has 0 aromatic rings. The maximum Gasteiger partial charge on any atom is 0.330 e. The number of rotatable bonds is 19. The zero-order chi connectivity index (χ0) is 36.6. The van der Waals surface area contributed by atoms with Crippen molar-refractivity contribution in [2.24, 2.45) is 17.6 Å². The van der Waals surface area contributed by atoms with Crippen molar-refractivity contribution in [2.75, 3.05) is 13.2 Å². The third-order valence-corrected chi connectivity index (χ3v) is 8.61. The number of carbonyl (C=O) groups is 2. The van der Waals surface area contributed by atoms with Crippen molar-refractivity contribution in [1.82, 2.24) is 0 Å². The van der Waals surface area contributed by atoms with Crippen LogP contribution in [0.3, 0.4) is 0 Å². The van der Waals surface area contributed by atoms with Crippen molar-refractivity contribution in [1.29, 1.82) is 0 Å². The van der Waals surface area contributed by atoms with E-state index in [0.29, 0.717) is 0 Å². The smallest absolute Gasteiger partial charge is 0.330 e. The van der Waals surface area contributed by atoms with E-state index in [4.69, 9.17) is 29.8 Å². The van der Waals surface area contributed by atoms with E-state index in [0.717, 1.165) is 6.42 Å². The third kappa shape index (κ3) is 14.2. The van der Waals surface area contributed by atoms with Crippen LogP contribution in [-0.2, 0) is 28.5 Å². The number of hydrogen-bond donors (Lipinski definition) is 8. The second-order valence-corrected chi connectivity index (χ2v) is 12.4. The minimum atomic E-state index is -1.73. The van der Waals surface area contributed by atoms with E-state index < -0.39 is 78.7 Å². The molecule has 12 atom stereocenters. The molecule has 0 saturated carbocycles. The summed E-state index contributed by atoms with van der Waals surface area (Å²) in [4.78, 5) is 24.1. The normalized spacial score (nSPS) is 32.3. The molecule has 9 N–H and O–H groups in total. The Morgan fingerprint density at radius 3 is 2.31 bits per heavy atom. The molecule has 2 aliphatic heterocycles. The first-order chi connectivity index (χ1) is 23.2. The monoisotopic (exact) mass is 697 g/mol. The van der Waals surface area contributed by atoms with Gasteiger partial charge in [-0.3, -0.25) is 4.79 Å². The molecule has 14 heteroatoms. The fraction of sp³-hybridized carbons (Fsp3) is 0.657. The van der Waals surface area contributed by atoms with Crippen LogP contribution in [0.1, 0.15) is 59.3 Å². The Balaban J connectivity index is 2.06. The number of aliphatic carboxylic acids is 1. The predicted octanol–water partition coefficient (Wildman–Crippen LogP) is 0.989. The second kappa shape index (κ2) is 21.5. The summed E-state index contributed by atoms with van der Waals surface area (Å²) < 4.78 is 22.6. The van der Waals surface area contributed by atoms with Crippen molar-refractivity contribution in [3.63, 3.8) is 0 Å². The van der Waals surface area contributed by atoms with Gasteiger partial charge in [0.15, 0.2) is 12.1 Å². The number of hydrogen-bond acceptors (Lipinski definition) is 13. The van der Waals surface area contributed by atoms with Gasteiger partial charge in [-0.1, -0.05) is 68.5 Å². The number of carbonyl (C=O) groups excluding carboxylic acids is 1. The Morgan fingerprint density at radius 1 is 1.04 bits per heavy atom. The van der Waals surface area contributed by atoms with Crippen LogP contribution in [0.25, 0.3) is 0 Å². The summed E-state index contributed by atoms with van der Waals surface area (Å²) in [5, 5.41) is 70.0. The molecule has 2 fully saturated rings. The van der Waals surface area contributed by atoms with E-state index in [2.05, 4.69) is 0 Å². The van der Waals surface area contributed by atoms with Gasteiger partial charge < -0.3 is 60.4 Å². The fourth-order valence-electron chi connectivity index (χ4n) is 5.54. The van der Waals surface area contributed by atoms with Crippen LogP contribution in [0, 0.1) is 11.8 Å². The zero-order valence-electron chi connectivity index (χ0n) is 28.4. The Hall–Kier alpha value is -2.76. The summed E-state index contributed by atoms with van der Waals surface area (Å²) in [5.74, 6) is -4.93. The van der Waals surface area contributed by atoms with Crippen LogP contribution in [0.4, 0.5) is 0 Å². The topological polar surface area (TPSA) is 239 Å². The molecule has 0 spiro atoms. The first-order valence-electron chi connectivity index (χ1n) is 16.8. The summed E-state index contributed by atoms with van der Waals surface area (Å²) >= 11 is 0. The largest absolute Gasteiger partial charge is 0.481 e. The second-order valence-electron chi connectivity index (χ2n) is 12.4. The summed E-state index contributed by atoms with van der Waals surface area (Å²) in [6.07, 6.45) is 9.40. The minimum Gasteiger partial charge on any atom is -0.481 e. The fourth-order valence-corrected chi connectivity index (χ4v) is 5.54. The molecule has 2 aliphatic rings. The molecule has 2 heterocycles. The van der Waals surface area contributed by atoms with E-state index in [1.165, 1.54) is 12.2 Å². The van der Waals surface area contributed by atoms with Gasteiger partial charge in [-0.05, 0) is 32.6 Å². The highest BCUT2D eigenvalue weighted by Crippen LogP contribution is 2.36. The quantitative estimate of drug-likeness (QED) is 0.0534. The minimum absolute atomic E-state index is 0.0455. The van der Waals surface area contributed by atoms with Crippen LogP contribution >= 0.6 is 0 Å². The standard InChI is InChI=1S/C35H55NO13/c1-4-23(22(3)47-29(41)16-12-14-24(38)17-18-37)13-10-8-6-7-9-11-15-25(48-34-32(42)31(36)27(40)21-46-34)19-28-30(33(43)44)26(39)20-35(45,5-2)49-28/h6-13,15-16,22-28,30-32,34,37-40,42,45H,4-5,14,17-21,36H2,1-3H3,(H,43,44)/b8-6+,9-7+,13-10+,15-11+,16-12+/t22-,23+,24+,25+,26+,27-,28+,30-,31+,32+,34+,35-/m1/s1. The van der Waals surface area contributed by atoms with Gasteiger partial charge in [0.05, 0.1) is 43.2 Å². The molecule has 2 saturated heterocycles. The van der Waals surface area contributed by atoms with E-state index >= 15 is 0 Å². The van der Waals surface area contributed by atoms with E-state index in [1.807, 2.05) is 19.1 Å². The molecule has 0 radical (unpaired) electrons. The van der Waals surface area contributed by atoms with Crippen LogP contribution in [0.2, 0.25) is 0 Å². The maximum absolute atomic E-state index is 12.1. The van der Waals surface area contributed by atoms with Gasteiger partial charge in [0, 0.05) is 31.4 Å². The Morgan fingerprint density at radius 2 is 1.69 bits per heavy atom. The molecular formula is C35H55NO13. The first-order valence-corrected chi connectivity index (χ1v) is 16.8. The Bertz CT molecular complexity index is 1160. The van der Waals surface area contributed by atoms with Crippen molar-refractivity contribution in [2.45, 2.75) is 120 Å². The first kappa shape index (κ1) is 42.4. The number of carboxylic acid groups (broad SMARTS) is 1. The van der Waals surface area contributed by atoms with Crippen molar-refractivity contribution in [3.05, 3.63) is 60.8 Å². The number of ether oxygens (including phenoxy) is 4. The highest BCUT2D eigenvalue weighted by molar-refractivity contribution is 5.82. The number of aliphatic hydroxyl groups is 6. The molecule has 278 valence electrons. The van der Waals surface area contributed by atoms with E-state index in [-0.39, 0.29) is 51.2 Å². The lowest BCUT2D eigenvalue weighted by Gasteiger charge is -2.44. The van der Waals surface area contributed by atoms with Crippen molar-refractivity contribution in [3.8, 4) is 0 Å². The van der Waals surface area contributed by atoms with Gasteiger partial charge >= 0.3 is 11.9 Å². The van der Waals surface area contributed by atoms with Crippen LogP contribution in [-0.4, -0.2) is 122 Å². The van der Waals surface area contributed by atoms with Gasteiger partial charge in [-0.15, -0.1) is 0 Å². The van der Waals surface area contributed by atoms with Gasteiger partial charge in [-0.2, -0.15) is 0 Å². The summed E-state index contributed by atoms with van der Waals surface area (Å²) in [6, 6.07) is -1.03. The lowest BCUT2D eigenvalue weighted by Crippen LogP contribution is -2.59. The maximum atomic E-state index is 12.1. The third-order valence-electron chi connectivity index (χ3n) is 8.61. The molecule has 0 bridgehead atoms. The average molecular weight is 698 g/mol. The van der Waals surface area contributed by atoms with Gasteiger partial charge in [0.25, 0.3) is 0 Å². The summed E-state index contributed by atoms with van der Waals surface area (Å²) in [5.41, 5.74) is 5.88.